The first-order chi connectivity index (χ1) is 17.5. The molecule has 5 rings (SSSR count). The van der Waals surface area contributed by atoms with Crippen molar-refractivity contribution in [1.82, 2.24) is 15.2 Å². The van der Waals surface area contributed by atoms with Crippen LogP contribution in [0.4, 0.5) is 5.69 Å². The first kappa shape index (κ1) is 24.2. The van der Waals surface area contributed by atoms with Crippen molar-refractivity contribution in [3.8, 4) is 11.8 Å². The third-order valence-corrected chi connectivity index (χ3v) is 7.88. The Morgan fingerprint density at radius 3 is 2.69 bits per heavy atom. The largest absolute Gasteiger partial charge is 0.497 e. The van der Waals surface area contributed by atoms with Gasteiger partial charge in [0.25, 0.3) is 5.69 Å². The summed E-state index contributed by atoms with van der Waals surface area (Å²) in [5.41, 5.74) is 4.38. The summed E-state index contributed by atoms with van der Waals surface area (Å²) in [4.78, 5) is 18.1. The molecule has 0 saturated carbocycles. The van der Waals surface area contributed by atoms with Crippen molar-refractivity contribution < 1.29 is 9.66 Å². The van der Waals surface area contributed by atoms with Gasteiger partial charge in [-0.2, -0.15) is 5.26 Å². The first-order valence-electron chi connectivity index (χ1n) is 12.6. The standard InChI is InChI=1S/C28H31N5O3/c1-18-3-4-19(11-28(18)33(34)35)16-30-21-12-22-5-6-23(13-21)32(22)10-9-25-20(15-29)17-31-27-8-7-24(36-2)14-26(25)27/h3-4,7-8,11,14,17,21-23,30H,5-6,9-10,12-13,16H2,1-2H3/t21?,22-,23+. The second kappa shape index (κ2) is 10.2. The second-order valence-corrected chi connectivity index (χ2v) is 9.95. The van der Waals surface area contributed by atoms with Crippen LogP contribution >= 0.6 is 0 Å². The maximum Gasteiger partial charge on any atom is 0.272 e. The molecule has 8 heteroatoms. The van der Waals surface area contributed by atoms with Crippen LogP contribution in [0.15, 0.2) is 42.6 Å². The van der Waals surface area contributed by atoms with E-state index in [1.54, 1.807) is 26.3 Å². The lowest BCUT2D eigenvalue weighted by molar-refractivity contribution is -0.385. The zero-order chi connectivity index (χ0) is 25.2. The van der Waals surface area contributed by atoms with Gasteiger partial charge in [0.2, 0.25) is 0 Å². The van der Waals surface area contributed by atoms with Gasteiger partial charge in [-0.3, -0.25) is 20.0 Å². The molecular formula is C28H31N5O3. The summed E-state index contributed by atoms with van der Waals surface area (Å²) in [6, 6.07) is 15.1. The molecule has 3 atom stereocenters. The Kier molecular flexibility index (Phi) is 6.86. The summed E-state index contributed by atoms with van der Waals surface area (Å²) < 4.78 is 5.42. The molecule has 1 unspecified atom stereocenters. The Labute approximate surface area is 211 Å². The highest BCUT2D eigenvalue weighted by atomic mass is 16.6. The maximum atomic E-state index is 11.3. The number of ether oxygens (including phenoxy) is 1. The number of nitrogens with one attached hydrogen (secondary N) is 1. The molecule has 0 spiro atoms. The molecular weight excluding hydrogens is 454 g/mol. The van der Waals surface area contributed by atoms with E-state index in [4.69, 9.17) is 4.74 Å². The van der Waals surface area contributed by atoms with Crippen molar-refractivity contribution in [2.75, 3.05) is 13.7 Å². The second-order valence-electron chi connectivity index (χ2n) is 9.95. The number of rotatable bonds is 8. The summed E-state index contributed by atoms with van der Waals surface area (Å²) >= 11 is 0. The molecule has 8 nitrogen and oxygen atoms in total. The Morgan fingerprint density at radius 2 is 2.00 bits per heavy atom. The number of nitriles is 1. The first-order valence-corrected chi connectivity index (χ1v) is 12.6. The van der Waals surface area contributed by atoms with Crippen LogP contribution in [-0.4, -0.2) is 46.6 Å². The molecule has 2 bridgehead atoms. The number of nitro benzene ring substituents is 1. The van der Waals surface area contributed by atoms with E-state index in [1.165, 1.54) is 12.8 Å². The molecule has 2 saturated heterocycles. The van der Waals surface area contributed by atoms with Crippen LogP contribution in [0.3, 0.4) is 0 Å². The third-order valence-electron chi connectivity index (χ3n) is 7.88. The molecule has 2 aromatic carbocycles. The summed E-state index contributed by atoms with van der Waals surface area (Å²) in [6.45, 7) is 3.33. The Balaban J connectivity index is 1.24. The van der Waals surface area contributed by atoms with E-state index < -0.39 is 0 Å². The van der Waals surface area contributed by atoms with Crippen LogP contribution in [0, 0.1) is 28.4 Å². The number of nitrogens with zero attached hydrogens (tertiary/aromatic N) is 4. The highest BCUT2D eigenvalue weighted by Gasteiger charge is 2.40. The number of aryl methyl sites for hydroxylation is 1. The van der Waals surface area contributed by atoms with E-state index in [0.717, 1.165) is 53.6 Å². The van der Waals surface area contributed by atoms with Crippen LogP contribution in [0.1, 0.15) is 47.9 Å². The molecule has 2 fully saturated rings. The van der Waals surface area contributed by atoms with Gasteiger partial charge < -0.3 is 10.1 Å². The monoisotopic (exact) mass is 485 g/mol. The van der Waals surface area contributed by atoms with Crippen molar-refractivity contribution in [3.05, 3.63) is 75.0 Å². The summed E-state index contributed by atoms with van der Waals surface area (Å²) in [5.74, 6) is 0.770. The lowest BCUT2D eigenvalue weighted by Crippen LogP contribution is -2.49. The topological polar surface area (TPSA) is 104 Å². The van der Waals surface area contributed by atoms with Crippen LogP contribution in [-0.2, 0) is 13.0 Å². The number of aromatic nitrogens is 1. The van der Waals surface area contributed by atoms with E-state index >= 15 is 0 Å². The minimum absolute atomic E-state index is 0.183. The Morgan fingerprint density at radius 1 is 1.22 bits per heavy atom. The molecule has 36 heavy (non-hydrogen) atoms. The van der Waals surface area contributed by atoms with Gasteiger partial charge in [-0.1, -0.05) is 12.1 Å². The third kappa shape index (κ3) is 4.77. The average molecular weight is 486 g/mol. The van der Waals surface area contributed by atoms with Crippen molar-refractivity contribution in [3.63, 3.8) is 0 Å². The average Bonchev–Trinajstić information content (AvgIpc) is 3.12. The number of hydrogen-bond acceptors (Lipinski definition) is 7. The molecule has 0 amide bonds. The number of pyridine rings is 1. The van der Waals surface area contributed by atoms with Crippen LogP contribution in [0.5, 0.6) is 5.75 Å². The van der Waals surface area contributed by atoms with E-state index in [-0.39, 0.29) is 10.6 Å². The molecule has 1 N–H and O–H groups in total. The van der Waals surface area contributed by atoms with Gasteiger partial charge in [0, 0.05) is 54.4 Å². The van der Waals surface area contributed by atoms with Gasteiger partial charge >= 0.3 is 0 Å². The molecule has 3 heterocycles. The minimum atomic E-state index is -0.308. The summed E-state index contributed by atoms with van der Waals surface area (Å²) in [6.07, 6.45) is 7.00. The van der Waals surface area contributed by atoms with Crippen LogP contribution < -0.4 is 10.1 Å². The van der Waals surface area contributed by atoms with Gasteiger partial charge in [-0.25, -0.2) is 0 Å². The predicted octanol–water partition coefficient (Wildman–Crippen LogP) is 4.66. The van der Waals surface area contributed by atoms with Crippen LogP contribution in [0.2, 0.25) is 0 Å². The highest BCUT2D eigenvalue weighted by molar-refractivity contribution is 5.85. The van der Waals surface area contributed by atoms with Gasteiger partial charge in [0.05, 0.1) is 23.1 Å². The fourth-order valence-electron chi connectivity index (χ4n) is 5.99. The normalized spacial score (nSPS) is 21.4. The number of nitro groups is 1. The van der Waals surface area contributed by atoms with Crippen LogP contribution in [0.25, 0.3) is 10.9 Å². The van der Waals surface area contributed by atoms with Gasteiger partial charge in [-0.15, -0.1) is 0 Å². The quantitative estimate of drug-likeness (QED) is 0.365. The minimum Gasteiger partial charge on any atom is -0.497 e. The zero-order valence-corrected chi connectivity index (χ0v) is 20.7. The fraction of sp³-hybridized carbons (Fsp3) is 0.429. The van der Waals surface area contributed by atoms with E-state index in [1.807, 2.05) is 30.3 Å². The van der Waals surface area contributed by atoms with E-state index in [9.17, 15) is 15.4 Å². The van der Waals surface area contributed by atoms with E-state index in [0.29, 0.717) is 35.8 Å². The molecule has 2 aliphatic rings. The Hall–Kier alpha value is -3.54. The number of piperidine rings is 1. The van der Waals surface area contributed by atoms with Crippen molar-refractivity contribution in [1.29, 1.82) is 5.26 Å². The molecule has 186 valence electrons. The Bertz CT molecular complexity index is 1320. The number of fused-ring (bicyclic) bond motifs is 3. The fourth-order valence-corrected chi connectivity index (χ4v) is 5.99. The zero-order valence-electron chi connectivity index (χ0n) is 20.7. The molecule has 2 aliphatic heterocycles. The van der Waals surface area contributed by atoms with Crippen molar-refractivity contribution in [2.24, 2.45) is 0 Å². The van der Waals surface area contributed by atoms with Crippen molar-refractivity contribution in [2.45, 2.75) is 63.7 Å². The lowest BCUT2D eigenvalue weighted by atomic mass is 9.95. The van der Waals surface area contributed by atoms with Gasteiger partial charge in [-0.05, 0) is 68.4 Å². The van der Waals surface area contributed by atoms with Gasteiger partial charge in [0.15, 0.2) is 0 Å². The molecule has 0 radical (unpaired) electrons. The summed E-state index contributed by atoms with van der Waals surface area (Å²) in [5, 5.41) is 25.6. The lowest BCUT2D eigenvalue weighted by Gasteiger charge is -2.39. The predicted molar refractivity (Wildman–Crippen MR) is 138 cm³/mol. The number of hydrogen-bond donors (Lipinski definition) is 1. The molecule has 0 aliphatic carbocycles. The number of benzene rings is 2. The van der Waals surface area contributed by atoms with Gasteiger partial charge in [0.1, 0.15) is 11.8 Å². The van der Waals surface area contributed by atoms with Crippen molar-refractivity contribution >= 4 is 16.6 Å². The maximum absolute atomic E-state index is 11.3. The van der Waals surface area contributed by atoms with E-state index in [2.05, 4.69) is 21.3 Å². The summed E-state index contributed by atoms with van der Waals surface area (Å²) in [7, 11) is 1.65. The smallest absolute Gasteiger partial charge is 0.272 e. The SMILES string of the molecule is COc1ccc2ncc(C#N)c(CCN3[C@@H]4CC[C@H]3CC(NCc3ccc(C)c([N+](=O)[O-])c3)C4)c2c1. The molecule has 3 aromatic rings. The molecule has 1 aromatic heterocycles. The highest BCUT2D eigenvalue weighted by Crippen LogP contribution is 2.36. The number of methoxy groups -OCH3 is 1.